The normalized spacial score (nSPS) is 19.4. The number of aromatic hydroxyl groups is 1. The van der Waals surface area contributed by atoms with E-state index in [9.17, 15) is 5.11 Å². The zero-order valence-electron chi connectivity index (χ0n) is 8.29. The first-order valence-electron chi connectivity index (χ1n) is 4.96. The van der Waals surface area contributed by atoms with E-state index in [1.54, 1.807) is 6.07 Å². The zero-order chi connectivity index (χ0) is 10.1. The fourth-order valence-corrected chi connectivity index (χ4v) is 1.96. The monoisotopic (exact) mass is 193 g/mol. The second-order valence-corrected chi connectivity index (χ2v) is 3.59. The topological polar surface area (TPSA) is 55.5 Å². The highest BCUT2D eigenvalue weighted by atomic mass is 16.5. The Morgan fingerprint density at radius 1 is 1.57 bits per heavy atom. The number of fused-ring (bicyclic) bond motifs is 1. The van der Waals surface area contributed by atoms with Crippen molar-refractivity contribution < 1.29 is 9.84 Å². The summed E-state index contributed by atoms with van der Waals surface area (Å²) in [5.74, 6) is 1.03. The Hall–Kier alpha value is -1.22. The van der Waals surface area contributed by atoms with Gasteiger partial charge in [-0.05, 0) is 37.0 Å². The smallest absolute Gasteiger partial charge is 0.123 e. The van der Waals surface area contributed by atoms with E-state index in [4.69, 9.17) is 10.5 Å². The van der Waals surface area contributed by atoms with Crippen molar-refractivity contribution in [3.05, 3.63) is 23.3 Å². The van der Waals surface area contributed by atoms with Gasteiger partial charge in [0.2, 0.25) is 0 Å². The molecule has 0 bridgehead atoms. The molecule has 0 aliphatic heterocycles. The molecule has 3 heteroatoms. The van der Waals surface area contributed by atoms with Crippen LogP contribution in [0, 0.1) is 0 Å². The Morgan fingerprint density at radius 3 is 3.07 bits per heavy atom. The first-order valence-corrected chi connectivity index (χ1v) is 4.96. The molecule has 14 heavy (non-hydrogen) atoms. The van der Waals surface area contributed by atoms with E-state index in [1.807, 2.05) is 13.0 Å². The summed E-state index contributed by atoms with van der Waals surface area (Å²) in [6, 6.07) is 3.66. The van der Waals surface area contributed by atoms with Crippen molar-refractivity contribution in [2.45, 2.75) is 25.8 Å². The number of rotatable bonds is 2. The average molecular weight is 193 g/mol. The Labute approximate surface area is 83.5 Å². The third kappa shape index (κ3) is 1.44. The summed E-state index contributed by atoms with van der Waals surface area (Å²) in [7, 11) is 0. The molecule has 0 saturated carbocycles. The van der Waals surface area contributed by atoms with Crippen LogP contribution >= 0.6 is 0 Å². The number of nitrogens with two attached hydrogens (primary N) is 1. The molecule has 0 amide bonds. The van der Waals surface area contributed by atoms with Crippen molar-refractivity contribution in [2.75, 3.05) is 6.61 Å². The molecule has 0 spiro atoms. The van der Waals surface area contributed by atoms with E-state index >= 15 is 0 Å². The van der Waals surface area contributed by atoms with E-state index in [0.717, 1.165) is 24.0 Å². The Bertz CT molecular complexity index is 349. The molecule has 0 aromatic heterocycles. The van der Waals surface area contributed by atoms with Crippen LogP contribution in [0.4, 0.5) is 0 Å². The lowest BCUT2D eigenvalue weighted by Gasteiger charge is -2.10. The molecule has 0 saturated heterocycles. The van der Waals surface area contributed by atoms with Crippen LogP contribution in [0.5, 0.6) is 11.5 Å². The number of benzene rings is 1. The summed E-state index contributed by atoms with van der Waals surface area (Å²) in [5, 5.41) is 9.72. The molecule has 76 valence electrons. The van der Waals surface area contributed by atoms with E-state index in [1.165, 1.54) is 0 Å². The molecule has 3 N–H and O–H groups in total. The third-order valence-corrected chi connectivity index (χ3v) is 2.65. The molecule has 0 fully saturated rings. The van der Waals surface area contributed by atoms with Crippen molar-refractivity contribution >= 4 is 0 Å². The van der Waals surface area contributed by atoms with Gasteiger partial charge in [-0.1, -0.05) is 0 Å². The highest BCUT2D eigenvalue weighted by Gasteiger charge is 2.22. The van der Waals surface area contributed by atoms with Crippen LogP contribution in [-0.2, 0) is 6.42 Å². The maximum absolute atomic E-state index is 9.72. The molecule has 1 atom stereocenters. The van der Waals surface area contributed by atoms with Crippen LogP contribution < -0.4 is 10.5 Å². The fourth-order valence-electron chi connectivity index (χ4n) is 1.96. The minimum absolute atomic E-state index is 0.0521. The minimum atomic E-state index is 0.0521. The lowest BCUT2D eigenvalue weighted by Crippen LogP contribution is -2.05. The molecule has 0 radical (unpaired) electrons. The second kappa shape index (κ2) is 3.50. The molecule has 1 aliphatic carbocycles. The zero-order valence-corrected chi connectivity index (χ0v) is 8.29. The SMILES string of the molecule is CCOc1cc(O)c2c(c1)C(N)CC2. The molecule has 3 nitrogen and oxygen atoms in total. The van der Waals surface area contributed by atoms with Crippen LogP contribution in [0.1, 0.15) is 30.5 Å². The maximum Gasteiger partial charge on any atom is 0.123 e. The predicted octanol–water partition coefficient (Wildman–Crippen LogP) is 1.74. The molecule has 0 heterocycles. The summed E-state index contributed by atoms with van der Waals surface area (Å²) in [6.45, 7) is 2.53. The van der Waals surface area contributed by atoms with Crippen LogP contribution in [0.2, 0.25) is 0 Å². The van der Waals surface area contributed by atoms with Gasteiger partial charge < -0.3 is 15.6 Å². The van der Waals surface area contributed by atoms with Gasteiger partial charge in [0.25, 0.3) is 0 Å². The molecular formula is C11H15NO2. The summed E-state index contributed by atoms with van der Waals surface area (Å²) in [4.78, 5) is 0. The predicted molar refractivity (Wildman–Crippen MR) is 54.5 cm³/mol. The van der Waals surface area contributed by atoms with E-state index < -0.39 is 0 Å². The van der Waals surface area contributed by atoms with Gasteiger partial charge in [-0.3, -0.25) is 0 Å². The highest BCUT2D eigenvalue weighted by Crippen LogP contribution is 2.38. The summed E-state index contributed by atoms with van der Waals surface area (Å²) in [5.41, 5.74) is 7.94. The maximum atomic E-state index is 9.72. The molecule has 1 aromatic carbocycles. The molecule has 2 rings (SSSR count). The number of ether oxygens (including phenoxy) is 1. The Morgan fingerprint density at radius 2 is 2.36 bits per heavy atom. The average Bonchev–Trinajstić information content (AvgIpc) is 2.49. The summed E-state index contributed by atoms with van der Waals surface area (Å²) >= 11 is 0. The van der Waals surface area contributed by atoms with Gasteiger partial charge >= 0.3 is 0 Å². The van der Waals surface area contributed by atoms with Gasteiger partial charge in [0.1, 0.15) is 11.5 Å². The lowest BCUT2D eigenvalue weighted by atomic mass is 10.1. The number of phenols is 1. The van der Waals surface area contributed by atoms with Gasteiger partial charge in [0, 0.05) is 12.1 Å². The van der Waals surface area contributed by atoms with Crippen molar-refractivity contribution in [3.63, 3.8) is 0 Å². The van der Waals surface area contributed by atoms with Crippen molar-refractivity contribution in [1.82, 2.24) is 0 Å². The second-order valence-electron chi connectivity index (χ2n) is 3.59. The van der Waals surface area contributed by atoms with Crippen molar-refractivity contribution in [1.29, 1.82) is 0 Å². The van der Waals surface area contributed by atoms with Gasteiger partial charge in [-0.15, -0.1) is 0 Å². The summed E-state index contributed by atoms with van der Waals surface area (Å²) < 4.78 is 5.34. The quantitative estimate of drug-likeness (QED) is 0.752. The lowest BCUT2D eigenvalue weighted by molar-refractivity contribution is 0.337. The van der Waals surface area contributed by atoms with Crippen molar-refractivity contribution in [2.24, 2.45) is 5.73 Å². The van der Waals surface area contributed by atoms with Crippen LogP contribution in [0.3, 0.4) is 0 Å². The molecule has 1 aromatic rings. The van der Waals surface area contributed by atoms with E-state index in [0.29, 0.717) is 18.1 Å². The Balaban J connectivity index is 2.42. The highest BCUT2D eigenvalue weighted by molar-refractivity contribution is 5.49. The molecular weight excluding hydrogens is 178 g/mol. The van der Waals surface area contributed by atoms with Crippen LogP contribution in [-0.4, -0.2) is 11.7 Å². The number of hydrogen-bond donors (Lipinski definition) is 2. The van der Waals surface area contributed by atoms with Gasteiger partial charge in [0.15, 0.2) is 0 Å². The van der Waals surface area contributed by atoms with E-state index in [-0.39, 0.29) is 6.04 Å². The fraction of sp³-hybridized carbons (Fsp3) is 0.455. The summed E-state index contributed by atoms with van der Waals surface area (Å²) in [6.07, 6.45) is 1.78. The minimum Gasteiger partial charge on any atom is -0.508 e. The number of phenolic OH excluding ortho intramolecular Hbond substituents is 1. The van der Waals surface area contributed by atoms with Gasteiger partial charge in [-0.25, -0.2) is 0 Å². The van der Waals surface area contributed by atoms with Crippen LogP contribution in [0.25, 0.3) is 0 Å². The van der Waals surface area contributed by atoms with Gasteiger partial charge in [-0.2, -0.15) is 0 Å². The Kier molecular flexibility index (Phi) is 2.33. The van der Waals surface area contributed by atoms with Crippen LogP contribution in [0.15, 0.2) is 12.1 Å². The first kappa shape index (κ1) is 9.34. The van der Waals surface area contributed by atoms with Gasteiger partial charge in [0.05, 0.1) is 6.61 Å². The molecule has 1 aliphatic rings. The first-order chi connectivity index (χ1) is 6.72. The number of hydrogen-bond acceptors (Lipinski definition) is 3. The molecule has 1 unspecified atom stereocenters. The standard InChI is InChI=1S/C11H15NO2/c1-2-14-7-5-9-8(11(13)6-7)3-4-10(9)12/h5-6,10,13H,2-4,12H2,1H3. The third-order valence-electron chi connectivity index (χ3n) is 2.65. The van der Waals surface area contributed by atoms with E-state index in [2.05, 4.69) is 0 Å². The van der Waals surface area contributed by atoms with Crippen molar-refractivity contribution in [3.8, 4) is 11.5 Å². The largest absolute Gasteiger partial charge is 0.508 e.